The number of carboxylic acid groups (broad SMARTS) is 1. The number of carbonyl (C=O) groups is 1. The SMILES string of the molecule is COc1ccc(C(C)(C(=O)O)N2CCCC2)cc1. The Morgan fingerprint density at radius 2 is 1.83 bits per heavy atom. The summed E-state index contributed by atoms with van der Waals surface area (Å²) in [6.07, 6.45) is 2.14. The van der Waals surface area contributed by atoms with Crippen molar-refractivity contribution in [2.24, 2.45) is 0 Å². The molecule has 2 rings (SSSR count). The summed E-state index contributed by atoms with van der Waals surface area (Å²) >= 11 is 0. The van der Waals surface area contributed by atoms with Crippen molar-refractivity contribution in [1.82, 2.24) is 4.90 Å². The van der Waals surface area contributed by atoms with E-state index in [0.29, 0.717) is 0 Å². The molecule has 1 aliphatic rings. The van der Waals surface area contributed by atoms with E-state index in [1.54, 1.807) is 14.0 Å². The van der Waals surface area contributed by atoms with E-state index in [2.05, 4.69) is 0 Å². The van der Waals surface area contributed by atoms with Crippen molar-refractivity contribution >= 4 is 5.97 Å². The number of aliphatic carboxylic acids is 1. The number of benzene rings is 1. The summed E-state index contributed by atoms with van der Waals surface area (Å²) < 4.78 is 5.11. The number of ether oxygens (including phenoxy) is 1. The molecule has 0 aliphatic carbocycles. The van der Waals surface area contributed by atoms with Gasteiger partial charge in [0.2, 0.25) is 0 Å². The van der Waals surface area contributed by atoms with Gasteiger partial charge in [-0.25, -0.2) is 4.79 Å². The lowest BCUT2D eigenvalue weighted by atomic mass is 9.90. The lowest BCUT2D eigenvalue weighted by Gasteiger charge is -2.35. The second-order valence-corrected chi connectivity index (χ2v) is 4.80. The van der Waals surface area contributed by atoms with Crippen molar-refractivity contribution < 1.29 is 14.6 Å². The maximum atomic E-state index is 11.7. The Hall–Kier alpha value is -1.55. The summed E-state index contributed by atoms with van der Waals surface area (Å²) in [7, 11) is 1.60. The second kappa shape index (κ2) is 4.98. The lowest BCUT2D eigenvalue weighted by Crippen LogP contribution is -2.48. The van der Waals surface area contributed by atoms with Crippen LogP contribution >= 0.6 is 0 Å². The van der Waals surface area contributed by atoms with Crippen LogP contribution in [0, 0.1) is 0 Å². The summed E-state index contributed by atoms with van der Waals surface area (Å²) in [6, 6.07) is 7.30. The lowest BCUT2D eigenvalue weighted by molar-refractivity contribution is -0.150. The van der Waals surface area contributed by atoms with Crippen LogP contribution < -0.4 is 4.74 Å². The van der Waals surface area contributed by atoms with E-state index < -0.39 is 11.5 Å². The zero-order valence-electron chi connectivity index (χ0n) is 10.8. The molecule has 4 heteroatoms. The normalized spacial score (nSPS) is 19.4. The van der Waals surface area contributed by atoms with Gasteiger partial charge < -0.3 is 9.84 Å². The average molecular weight is 249 g/mol. The van der Waals surface area contributed by atoms with Crippen molar-refractivity contribution in [2.45, 2.75) is 25.3 Å². The monoisotopic (exact) mass is 249 g/mol. The molecule has 1 aromatic rings. The number of carboxylic acids is 1. The highest BCUT2D eigenvalue weighted by Gasteiger charge is 2.42. The summed E-state index contributed by atoms with van der Waals surface area (Å²) in [5.74, 6) is -0.0533. The molecular weight excluding hydrogens is 230 g/mol. The molecule has 1 atom stereocenters. The van der Waals surface area contributed by atoms with Gasteiger partial charge in [0.1, 0.15) is 11.3 Å². The Balaban J connectivity index is 2.36. The molecule has 0 amide bonds. The second-order valence-electron chi connectivity index (χ2n) is 4.80. The fraction of sp³-hybridized carbons (Fsp3) is 0.500. The summed E-state index contributed by atoms with van der Waals surface area (Å²) in [6.45, 7) is 3.46. The highest BCUT2D eigenvalue weighted by Crippen LogP contribution is 2.32. The number of hydrogen-bond donors (Lipinski definition) is 1. The van der Waals surface area contributed by atoms with Gasteiger partial charge in [0, 0.05) is 0 Å². The number of methoxy groups -OCH3 is 1. The molecule has 1 saturated heterocycles. The van der Waals surface area contributed by atoms with Gasteiger partial charge in [0.15, 0.2) is 0 Å². The molecule has 0 saturated carbocycles. The first-order chi connectivity index (χ1) is 8.59. The molecule has 0 radical (unpaired) electrons. The van der Waals surface area contributed by atoms with Crippen molar-refractivity contribution in [3.05, 3.63) is 29.8 Å². The minimum Gasteiger partial charge on any atom is -0.497 e. The Morgan fingerprint density at radius 1 is 1.28 bits per heavy atom. The Labute approximate surface area is 107 Å². The van der Waals surface area contributed by atoms with Crippen LogP contribution in [0.3, 0.4) is 0 Å². The van der Waals surface area contributed by atoms with Crippen molar-refractivity contribution in [1.29, 1.82) is 0 Å². The zero-order chi connectivity index (χ0) is 13.2. The number of rotatable bonds is 4. The third-order valence-corrected chi connectivity index (χ3v) is 3.81. The van der Waals surface area contributed by atoms with E-state index in [1.807, 2.05) is 29.2 Å². The van der Waals surface area contributed by atoms with Gasteiger partial charge in [-0.15, -0.1) is 0 Å². The molecule has 1 unspecified atom stereocenters. The van der Waals surface area contributed by atoms with E-state index in [-0.39, 0.29) is 0 Å². The summed E-state index contributed by atoms with van der Waals surface area (Å²) in [5, 5.41) is 9.60. The van der Waals surface area contributed by atoms with Crippen molar-refractivity contribution in [3.63, 3.8) is 0 Å². The first kappa shape index (κ1) is 12.9. The minimum absolute atomic E-state index is 0.743. The molecule has 0 spiro atoms. The van der Waals surface area contributed by atoms with Crippen LogP contribution in [0.4, 0.5) is 0 Å². The number of likely N-dealkylation sites (tertiary alicyclic amines) is 1. The van der Waals surface area contributed by atoms with E-state index in [9.17, 15) is 9.90 Å². The molecule has 1 N–H and O–H groups in total. The maximum Gasteiger partial charge on any atom is 0.328 e. The molecule has 18 heavy (non-hydrogen) atoms. The quantitative estimate of drug-likeness (QED) is 0.887. The molecular formula is C14H19NO3. The van der Waals surface area contributed by atoms with Crippen LogP contribution in [0.1, 0.15) is 25.3 Å². The predicted octanol–water partition coefficient (Wildman–Crippen LogP) is 2.09. The van der Waals surface area contributed by atoms with E-state index in [1.165, 1.54) is 0 Å². The van der Waals surface area contributed by atoms with Gasteiger partial charge in [-0.2, -0.15) is 0 Å². The summed E-state index contributed by atoms with van der Waals surface area (Å²) in [5.41, 5.74) is -0.138. The van der Waals surface area contributed by atoms with Gasteiger partial charge in [0.05, 0.1) is 7.11 Å². The fourth-order valence-electron chi connectivity index (χ4n) is 2.52. The summed E-state index contributed by atoms with van der Waals surface area (Å²) in [4.78, 5) is 13.7. The molecule has 0 bridgehead atoms. The largest absolute Gasteiger partial charge is 0.497 e. The highest BCUT2D eigenvalue weighted by molar-refractivity contribution is 5.80. The number of hydrogen-bond acceptors (Lipinski definition) is 3. The van der Waals surface area contributed by atoms with Crippen LogP contribution in [0.2, 0.25) is 0 Å². The molecule has 1 heterocycles. The predicted molar refractivity (Wildman–Crippen MR) is 68.8 cm³/mol. The Morgan fingerprint density at radius 3 is 2.28 bits per heavy atom. The van der Waals surface area contributed by atoms with Gasteiger partial charge in [0.25, 0.3) is 0 Å². The van der Waals surface area contributed by atoms with Crippen LogP contribution in [-0.2, 0) is 10.3 Å². The standard InChI is InChI=1S/C14H19NO3/c1-14(13(16)17,15-9-3-4-10-15)11-5-7-12(18-2)8-6-11/h5-8H,3-4,9-10H2,1-2H3,(H,16,17). The van der Waals surface area contributed by atoms with Crippen LogP contribution in [0.15, 0.2) is 24.3 Å². The number of nitrogens with zero attached hydrogens (tertiary/aromatic N) is 1. The topological polar surface area (TPSA) is 49.8 Å². The van der Waals surface area contributed by atoms with Gasteiger partial charge in [-0.05, 0) is 50.6 Å². The van der Waals surface area contributed by atoms with Gasteiger partial charge in [-0.3, -0.25) is 4.90 Å². The fourth-order valence-corrected chi connectivity index (χ4v) is 2.52. The Bertz CT molecular complexity index is 423. The minimum atomic E-state index is -0.942. The van der Waals surface area contributed by atoms with E-state index in [4.69, 9.17) is 4.74 Å². The van der Waals surface area contributed by atoms with Crippen LogP contribution in [-0.4, -0.2) is 36.2 Å². The molecule has 1 aliphatic heterocycles. The highest BCUT2D eigenvalue weighted by atomic mass is 16.5. The first-order valence-corrected chi connectivity index (χ1v) is 6.22. The van der Waals surface area contributed by atoms with Crippen molar-refractivity contribution in [2.75, 3.05) is 20.2 Å². The zero-order valence-corrected chi connectivity index (χ0v) is 10.8. The van der Waals surface area contributed by atoms with Crippen LogP contribution in [0.5, 0.6) is 5.75 Å². The smallest absolute Gasteiger partial charge is 0.328 e. The van der Waals surface area contributed by atoms with E-state index >= 15 is 0 Å². The maximum absolute atomic E-state index is 11.7. The molecule has 98 valence electrons. The molecule has 1 aromatic carbocycles. The van der Waals surface area contributed by atoms with E-state index in [0.717, 1.165) is 37.2 Å². The van der Waals surface area contributed by atoms with Crippen LogP contribution in [0.25, 0.3) is 0 Å². The van der Waals surface area contributed by atoms with Crippen molar-refractivity contribution in [3.8, 4) is 5.75 Å². The average Bonchev–Trinajstić information content (AvgIpc) is 2.92. The molecule has 4 nitrogen and oxygen atoms in total. The molecule has 0 aromatic heterocycles. The third kappa shape index (κ3) is 2.08. The molecule has 1 fully saturated rings. The Kier molecular flexibility index (Phi) is 3.57. The van der Waals surface area contributed by atoms with Gasteiger partial charge >= 0.3 is 5.97 Å². The van der Waals surface area contributed by atoms with Gasteiger partial charge in [-0.1, -0.05) is 12.1 Å². The third-order valence-electron chi connectivity index (χ3n) is 3.81. The first-order valence-electron chi connectivity index (χ1n) is 6.22.